The number of rotatable bonds is 3. The zero-order chi connectivity index (χ0) is 18.3. The zero-order valence-corrected chi connectivity index (χ0v) is 13.9. The standard InChI is InChI=1S/C19H15F3N4/c1-11-10-12-4-2-3-5-15(12)26(11)19-23-9-8-16(25-19)24-14-7-6-13(20)17(21)18(14)22/h2-9,11H,10H2,1H3,(H,23,24,25). The predicted molar refractivity (Wildman–Crippen MR) is 93.4 cm³/mol. The fraction of sp³-hybridized carbons (Fsp3) is 0.158. The van der Waals surface area contributed by atoms with Gasteiger partial charge in [-0.15, -0.1) is 0 Å². The Bertz CT molecular complexity index is 977. The van der Waals surface area contributed by atoms with Crippen molar-refractivity contribution in [2.75, 3.05) is 10.2 Å². The number of fused-ring (bicyclic) bond motifs is 1. The SMILES string of the molecule is CC1Cc2ccccc2N1c1nccc(Nc2ccc(F)c(F)c2F)n1. The molecular formula is C19H15F3N4. The molecule has 1 unspecified atom stereocenters. The molecule has 1 aromatic heterocycles. The molecule has 4 nitrogen and oxygen atoms in total. The summed E-state index contributed by atoms with van der Waals surface area (Å²) in [5, 5.41) is 2.68. The number of nitrogens with one attached hydrogen (secondary N) is 1. The van der Waals surface area contributed by atoms with Crippen LogP contribution in [0.1, 0.15) is 12.5 Å². The van der Waals surface area contributed by atoms with Crippen LogP contribution in [0.15, 0.2) is 48.7 Å². The second kappa shape index (κ2) is 6.33. The van der Waals surface area contributed by atoms with Crippen LogP contribution in [0, 0.1) is 17.5 Å². The number of benzene rings is 2. The Morgan fingerprint density at radius 1 is 1.04 bits per heavy atom. The third-order valence-electron chi connectivity index (χ3n) is 4.36. The first kappa shape index (κ1) is 16.4. The van der Waals surface area contributed by atoms with Crippen LogP contribution < -0.4 is 10.2 Å². The van der Waals surface area contributed by atoms with Gasteiger partial charge in [-0.2, -0.15) is 4.98 Å². The van der Waals surface area contributed by atoms with E-state index in [0.29, 0.717) is 5.95 Å². The molecule has 2 aromatic carbocycles. The maximum Gasteiger partial charge on any atom is 0.232 e. The molecule has 0 fully saturated rings. The summed E-state index contributed by atoms with van der Waals surface area (Å²) in [6.07, 6.45) is 2.41. The van der Waals surface area contributed by atoms with E-state index in [9.17, 15) is 13.2 Å². The summed E-state index contributed by atoms with van der Waals surface area (Å²) in [6.45, 7) is 2.07. The topological polar surface area (TPSA) is 41.1 Å². The molecule has 1 N–H and O–H groups in total. The van der Waals surface area contributed by atoms with Gasteiger partial charge in [0.15, 0.2) is 17.5 Å². The molecule has 0 amide bonds. The predicted octanol–water partition coefficient (Wildman–Crippen LogP) is 4.72. The molecule has 0 bridgehead atoms. The summed E-state index contributed by atoms with van der Waals surface area (Å²) < 4.78 is 40.4. The Hall–Kier alpha value is -3.09. The summed E-state index contributed by atoms with van der Waals surface area (Å²) in [7, 11) is 0. The van der Waals surface area contributed by atoms with E-state index in [1.807, 2.05) is 23.1 Å². The van der Waals surface area contributed by atoms with Crippen molar-refractivity contribution >= 4 is 23.1 Å². The van der Waals surface area contributed by atoms with Crippen molar-refractivity contribution < 1.29 is 13.2 Å². The summed E-state index contributed by atoms with van der Waals surface area (Å²) in [4.78, 5) is 10.7. The van der Waals surface area contributed by atoms with Crippen molar-refractivity contribution in [1.82, 2.24) is 9.97 Å². The van der Waals surface area contributed by atoms with Gasteiger partial charge in [-0.1, -0.05) is 18.2 Å². The van der Waals surface area contributed by atoms with Crippen molar-refractivity contribution in [1.29, 1.82) is 0 Å². The molecule has 1 aliphatic heterocycles. The van der Waals surface area contributed by atoms with Crippen molar-refractivity contribution in [2.45, 2.75) is 19.4 Å². The third-order valence-corrected chi connectivity index (χ3v) is 4.36. The minimum atomic E-state index is -1.52. The molecule has 0 saturated carbocycles. The molecule has 7 heteroatoms. The fourth-order valence-electron chi connectivity index (χ4n) is 3.16. The van der Waals surface area contributed by atoms with E-state index < -0.39 is 17.5 Å². The molecule has 1 atom stereocenters. The van der Waals surface area contributed by atoms with Crippen LogP contribution >= 0.6 is 0 Å². The summed E-state index contributed by atoms with van der Waals surface area (Å²) >= 11 is 0. The maximum atomic E-state index is 13.9. The molecule has 132 valence electrons. The summed E-state index contributed by atoms with van der Waals surface area (Å²) in [5.74, 6) is -3.30. The van der Waals surface area contributed by atoms with Gasteiger partial charge in [0.1, 0.15) is 5.82 Å². The summed E-state index contributed by atoms with van der Waals surface area (Å²) in [6, 6.07) is 11.7. The van der Waals surface area contributed by atoms with Crippen LogP contribution in [0.2, 0.25) is 0 Å². The van der Waals surface area contributed by atoms with Gasteiger partial charge in [0.2, 0.25) is 5.95 Å². The van der Waals surface area contributed by atoms with Gasteiger partial charge >= 0.3 is 0 Å². The second-order valence-electron chi connectivity index (χ2n) is 6.14. The minimum Gasteiger partial charge on any atom is -0.338 e. The molecule has 0 aliphatic carbocycles. The van der Waals surface area contributed by atoms with Crippen LogP contribution in [0.3, 0.4) is 0 Å². The quantitative estimate of drug-likeness (QED) is 0.690. The number of aromatic nitrogens is 2. The van der Waals surface area contributed by atoms with E-state index in [0.717, 1.165) is 24.2 Å². The lowest BCUT2D eigenvalue weighted by atomic mass is 10.1. The van der Waals surface area contributed by atoms with E-state index in [1.165, 1.54) is 17.8 Å². The monoisotopic (exact) mass is 356 g/mol. The molecule has 0 spiro atoms. The molecule has 0 radical (unpaired) electrons. The first-order chi connectivity index (χ1) is 12.5. The fourth-order valence-corrected chi connectivity index (χ4v) is 3.16. The number of hydrogen-bond acceptors (Lipinski definition) is 4. The van der Waals surface area contributed by atoms with Crippen LogP contribution in [0.5, 0.6) is 0 Å². The van der Waals surface area contributed by atoms with Gasteiger partial charge in [0.05, 0.1) is 5.69 Å². The smallest absolute Gasteiger partial charge is 0.232 e. The Labute approximate surface area is 148 Å². The Morgan fingerprint density at radius 2 is 1.85 bits per heavy atom. The zero-order valence-electron chi connectivity index (χ0n) is 13.9. The normalized spacial score (nSPS) is 15.8. The lowest BCUT2D eigenvalue weighted by Gasteiger charge is -2.23. The highest BCUT2D eigenvalue weighted by atomic mass is 19.2. The van der Waals surface area contributed by atoms with Gasteiger partial charge in [0, 0.05) is 17.9 Å². The average Bonchev–Trinajstić information content (AvgIpc) is 2.98. The number of anilines is 4. The molecule has 3 aromatic rings. The van der Waals surface area contributed by atoms with Gasteiger partial charge < -0.3 is 10.2 Å². The van der Waals surface area contributed by atoms with Gasteiger partial charge in [0.25, 0.3) is 0 Å². The summed E-state index contributed by atoms with van der Waals surface area (Å²) in [5.41, 5.74) is 2.04. The highest BCUT2D eigenvalue weighted by Crippen LogP contribution is 2.36. The first-order valence-electron chi connectivity index (χ1n) is 8.15. The maximum absolute atomic E-state index is 13.9. The largest absolute Gasteiger partial charge is 0.338 e. The van der Waals surface area contributed by atoms with Gasteiger partial charge in [-0.05, 0) is 43.2 Å². The second-order valence-corrected chi connectivity index (χ2v) is 6.14. The molecule has 26 heavy (non-hydrogen) atoms. The molecule has 4 rings (SSSR count). The van der Waals surface area contributed by atoms with Crippen LogP contribution in [0.25, 0.3) is 0 Å². The number of halogens is 3. The van der Waals surface area contributed by atoms with Crippen LogP contribution in [0.4, 0.5) is 36.3 Å². The number of nitrogens with zero attached hydrogens (tertiary/aromatic N) is 3. The number of hydrogen-bond donors (Lipinski definition) is 1. The van der Waals surface area contributed by atoms with E-state index in [1.54, 1.807) is 0 Å². The lowest BCUT2D eigenvalue weighted by Crippen LogP contribution is -2.25. The Balaban J connectivity index is 1.67. The van der Waals surface area contributed by atoms with Crippen molar-refractivity contribution in [3.63, 3.8) is 0 Å². The van der Waals surface area contributed by atoms with Crippen LogP contribution in [-0.4, -0.2) is 16.0 Å². The van der Waals surface area contributed by atoms with Crippen molar-refractivity contribution in [2.24, 2.45) is 0 Å². The highest BCUT2D eigenvalue weighted by Gasteiger charge is 2.28. The highest BCUT2D eigenvalue weighted by molar-refractivity contribution is 5.68. The van der Waals surface area contributed by atoms with Gasteiger partial charge in [-0.3, -0.25) is 0 Å². The third kappa shape index (κ3) is 2.75. The Morgan fingerprint density at radius 3 is 2.69 bits per heavy atom. The Kier molecular flexibility index (Phi) is 3.99. The van der Waals surface area contributed by atoms with E-state index in [2.05, 4.69) is 28.3 Å². The van der Waals surface area contributed by atoms with Crippen LogP contribution in [-0.2, 0) is 6.42 Å². The molecule has 1 aliphatic rings. The van der Waals surface area contributed by atoms with E-state index in [-0.39, 0.29) is 17.5 Å². The molecule has 2 heterocycles. The first-order valence-corrected chi connectivity index (χ1v) is 8.15. The van der Waals surface area contributed by atoms with Crippen molar-refractivity contribution in [3.05, 3.63) is 71.7 Å². The number of para-hydroxylation sites is 1. The van der Waals surface area contributed by atoms with E-state index >= 15 is 0 Å². The average molecular weight is 356 g/mol. The van der Waals surface area contributed by atoms with E-state index in [4.69, 9.17) is 0 Å². The molecule has 0 saturated heterocycles. The lowest BCUT2D eigenvalue weighted by molar-refractivity contribution is 0.449. The minimum absolute atomic E-state index is 0.169. The van der Waals surface area contributed by atoms with Gasteiger partial charge in [-0.25, -0.2) is 18.2 Å². The molecular weight excluding hydrogens is 341 g/mol. The van der Waals surface area contributed by atoms with Crippen molar-refractivity contribution in [3.8, 4) is 0 Å².